The summed E-state index contributed by atoms with van der Waals surface area (Å²) in [6.07, 6.45) is 4.60. The van der Waals surface area contributed by atoms with Gasteiger partial charge in [0.05, 0.1) is 22.2 Å². The number of aryl methyl sites for hydroxylation is 1. The molecule has 2 amide bonds. The fourth-order valence-corrected chi connectivity index (χ4v) is 4.11. The Kier molecular flexibility index (Phi) is 4.29. The van der Waals surface area contributed by atoms with Gasteiger partial charge < -0.3 is 9.88 Å². The maximum Gasteiger partial charge on any atom is 0.261 e. The number of imide groups is 1. The van der Waals surface area contributed by atoms with E-state index in [9.17, 15) is 9.59 Å². The molecule has 1 aromatic heterocycles. The molecule has 3 heterocycles. The second-order valence-electron chi connectivity index (χ2n) is 6.86. The standard InChI is InChI=1S/C18H22N4O2S/c1-21-6-3-11(4-7-21)22-17(23)12-9-14-15(10-13(12)18(22)24)20-16(19-14)5-8-25-2/h9-11H,3-8H2,1-2H3,(H,19,20). The first-order valence-electron chi connectivity index (χ1n) is 8.66. The number of amides is 2. The van der Waals surface area contributed by atoms with Crippen LogP contribution in [0.3, 0.4) is 0 Å². The predicted molar refractivity (Wildman–Crippen MR) is 99.2 cm³/mol. The van der Waals surface area contributed by atoms with Crippen LogP contribution in [0.2, 0.25) is 0 Å². The maximum atomic E-state index is 12.9. The number of H-pyrrole nitrogens is 1. The Bertz CT molecular complexity index is 786. The predicted octanol–water partition coefficient (Wildman–Crippen LogP) is 2.16. The van der Waals surface area contributed by atoms with Crippen LogP contribution in [0.4, 0.5) is 0 Å². The number of benzene rings is 1. The molecule has 0 atom stereocenters. The van der Waals surface area contributed by atoms with Crippen molar-refractivity contribution in [2.45, 2.75) is 25.3 Å². The molecular weight excluding hydrogens is 336 g/mol. The minimum atomic E-state index is -0.162. The SMILES string of the molecule is CSCCc1nc2cc3c(cc2[nH]1)C(=O)N(C1CCN(C)CC1)C3=O. The summed E-state index contributed by atoms with van der Waals surface area (Å²) in [5.74, 6) is 1.57. The zero-order chi connectivity index (χ0) is 17.6. The Balaban J connectivity index is 1.64. The number of rotatable bonds is 4. The van der Waals surface area contributed by atoms with Crippen molar-refractivity contribution in [1.29, 1.82) is 0 Å². The van der Waals surface area contributed by atoms with Gasteiger partial charge in [-0.1, -0.05) is 0 Å². The Labute approximate surface area is 151 Å². The number of fused-ring (bicyclic) bond motifs is 2. The molecule has 0 radical (unpaired) electrons. The van der Waals surface area contributed by atoms with E-state index in [1.165, 1.54) is 4.90 Å². The van der Waals surface area contributed by atoms with Gasteiger partial charge in [0.15, 0.2) is 0 Å². The lowest BCUT2D eigenvalue weighted by Crippen LogP contribution is -2.46. The minimum Gasteiger partial charge on any atom is -0.342 e. The highest BCUT2D eigenvalue weighted by molar-refractivity contribution is 7.98. The molecule has 2 aliphatic rings. The van der Waals surface area contributed by atoms with Gasteiger partial charge in [0.2, 0.25) is 0 Å². The number of aromatic nitrogens is 2. The number of likely N-dealkylation sites (tertiary alicyclic amines) is 1. The van der Waals surface area contributed by atoms with Gasteiger partial charge in [0.25, 0.3) is 11.8 Å². The Hall–Kier alpha value is -1.86. The molecule has 0 aliphatic carbocycles. The molecule has 132 valence electrons. The fourth-order valence-electron chi connectivity index (χ4n) is 3.72. The van der Waals surface area contributed by atoms with Gasteiger partial charge in [-0.25, -0.2) is 4.98 Å². The summed E-state index contributed by atoms with van der Waals surface area (Å²) < 4.78 is 0. The third-order valence-electron chi connectivity index (χ3n) is 5.16. The van der Waals surface area contributed by atoms with Gasteiger partial charge in [0.1, 0.15) is 5.82 Å². The second kappa shape index (κ2) is 6.46. The molecule has 1 saturated heterocycles. The molecule has 0 bridgehead atoms. The first-order valence-corrected chi connectivity index (χ1v) is 10.1. The van der Waals surface area contributed by atoms with Crippen molar-refractivity contribution in [1.82, 2.24) is 19.8 Å². The zero-order valence-corrected chi connectivity index (χ0v) is 15.4. The van der Waals surface area contributed by atoms with E-state index in [4.69, 9.17) is 0 Å². The lowest BCUT2D eigenvalue weighted by Gasteiger charge is -2.33. The van der Waals surface area contributed by atoms with Crippen molar-refractivity contribution in [3.8, 4) is 0 Å². The van der Waals surface area contributed by atoms with Crippen LogP contribution < -0.4 is 0 Å². The van der Waals surface area contributed by atoms with Crippen molar-refractivity contribution in [3.63, 3.8) is 0 Å². The van der Waals surface area contributed by atoms with Crippen LogP contribution in [0.1, 0.15) is 39.4 Å². The van der Waals surface area contributed by atoms with E-state index in [0.29, 0.717) is 11.1 Å². The minimum absolute atomic E-state index is 0.00652. The first kappa shape index (κ1) is 16.6. The molecule has 0 saturated carbocycles. The summed E-state index contributed by atoms with van der Waals surface area (Å²) in [5.41, 5.74) is 2.61. The molecule has 4 rings (SSSR count). The highest BCUT2D eigenvalue weighted by Crippen LogP contribution is 2.31. The molecule has 0 spiro atoms. The van der Waals surface area contributed by atoms with Crippen LogP contribution >= 0.6 is 11.8 Å². The number of carbonyl (C=O) groups is 2. The van der Waals surface area contributed by atoms with Gasteiger partial charge in [0, 0.05) is 18.2 Å². The van der Waals surface area contributed by atoms with Crippen molar-refractivity contribution >= 4 is 34.6 Å². The third kappa shape index (κ3) is 2.85. The van der Waals surface area contributed by atoms with Crippen molar-refractivity contribution in [2.75, 3.05) is 32.1 Å². The van der Waals surface area contributed by atoms with Crippen LogP contribution in [-0.4, -0.2) is 69.8 Å². The molecule has 2 aromatic rings. The second-order valence-corrected chi connectivity index (χ2v) is 7.84. The van der Waals surface area contributed by atoms with Crippen LogP contribution in [0.15, 0.2) is 12.1 Å². The lowest BCUT2D eigenvalue weighted by atomic mass is 10.0. The number of carbonyl (C=O) groups excluding carboxylic acids is 2. The van der Waals surface area contributed by atoms with E-state index in [1.54, 1.807) is 23.9 Å². The third-order valence-corrected chi connectivity index (χ3v) is 5.78. The topological polar surface area (TPSA) is 69.3 Å². The van der Waals surface area contributed by atoms with Crippen LogP contribution in [0, 0.1) is 0 Å². The van der Waals surface area contributed by atoms with Gasteiger partial charge in [-0.15, -0.1) is 0 Å². The maximum absolute atomic E-state index is 12.9. The van der Waals surface area contributed by atoms with E-state index in [-0.39, 0.29) is 17.9 Å². The lowest BCUT2D eigenvalue weighted by molar-refractivity contribution is 0.0516. The summed E-state index contributed by atoms with van der Waals surface area (Å²) in [7, 11) is 2.07. The van der Waals surface area contributed by atoms with Crippen LogP contribution in [0.25, 0.3) is 11.0 Å². The van der Waals surface area contributed by atoms with E-state index in [1.807, 2.05) is 0 Å². The number of nitrogens with zero attached hydrogens (tertiary/aromatic N) is 3. The molecule has 1 fully saturated rings. The van der Waals surface area contributed by atoms with Gasteiger partial charge in [-0.05, 0) is 51.4 Å². The Morgan fingerprint density at radius 1 is 1.20 bits per heavy atom. The number of nitrogens with one attached hydrogen (secondary N) is 1. The molecule has 2 aliphatic heterocycles. The van der Waals surface area contributed by atoms with Crippen molar-refractivity contribution in [3.05, 3.63) is 29.1 Å². The smallest absolute Gasteiger partial charge is 0.261 e. The largest absolute Gasteiger partial charge is 0.342 e. The quantitative estimate of drug-likeness (QED) is 0.848. The normalized spacial score (nSPS) is 19.2. The fraction of sp³-hybridized carbons (Fsp3) is 0.500. The van der Waals surface area contributed by atoms with E-state index in [2.05, 4.69) is 28.2 Å². The zero-order valence-electron chi connectivity index (χ0n) is 14.5. The van der Waals surface area contributed by atoms with E-state index in [0.717, 1.165) is 55.0 Å². The molecule has 1 aromatic carbocycles. The van der Waals surface area contributed by atoms with Crippen LogP contribution in [-0.2, 0) is 6.42 Å². The number of hydrogen-bond acceptors (Lipinski definition) is 5. The summed E-state index contributed by atoms with van der Waals surface area (Å²) in [4.78, 5) is 37.3. The first-order chi connectivity index (χ1) is 12.1. The molecule has 25 heavy (non-hydrogen) atoms. The summed E-state index contributed by atoms with van der Waals surface area (Å²) in [6, 6.07) is 3.58. The highest BCUT2D eigenvalue weighted by Gasteiger charge is 2.41. The average molecular weight is 358 g/mol. The number of piperidine rings is 1. The molecule has 7 heteroatoms. The highest BCUT2D eigenvalue weighted by atomic mass is 32.2. The molecule has 1 N–H and O–H groups in total. The average Bonchev–Trinajstić information content (AvgIpc) is 3.11. The molecular formula is C18H22N4O2S. The number of thioether (sulfide) groups is 1. The molecule has 6 nitrogen and oxygen atoms in total. The van der Waals surface area contributed by atoms with Crippen molar-refractivity contribution < 1.29 is 9.59 Å². The van der Waals surface area contributed by atoms with Crippen molar-refractivity contribution in [2.24, 2.45) is 0 Å². The van der Waals surface area contributed by atoms with Crippen LogP contribution in [0.5, 0.6) is 0 Å². The van der Waals surface area contributed by atoms with E-state index < -0.39 is 0 Å². The number of imidazole rings is 1. The Morgan fingerprint density at radius 3 is 2.56 bits per heavy atom. The summed E-state index contributed by atoms with van der Waals surface area (Å²) in [6.45, 7) is 1.83. The van der Waals surface area contributed by atoms with Gasteiger partial charge in [-0.3, -0.25) is 14.5 Å². The monoisotopic (exact) mass is 358 g/mol. The molecule has 0 unspecified atom stereocenters. The number of aromatic amines is 1. The Morgan fingerprint density at radius 2 is 1.88 bits per heavy atom. The van der Waals surface area contributed by atoms with E-state index >= 15 is 0 Å². The van der Waals surface area contributed by atoms with Gasteiger partial charge in [-0.2, -0.15) is 11.8 Å². The number of hydrogen-bond donors (Lipinski definition) is 1. The summed E-state index contributed by atoms with van der Waals surface area (Å²) in [5, 5.41) is 0. The van der Waals surface area contributed by atoms with Gasteiger partial charge >= 0.3 is 0 Å². The summed E-state index contributed by atoms with van der Waals surface area (Å²) >= 11 is 1.77.